The average Bonchev–Trinajstić information content (AvgIpc) is 2.83. The Bertz CT molecular complexity index is 529. The van der Waals surface area contributed by atoms with Crippen LogP contribution in [0.15, 0.2) is 55.3 Å². The van der Waals surface area contributed by atoms with Gasteiger partial charge in [0.2, 0.25) is 5.70 Å². The van der Waals surface area contributed by atoms with Crippen molar-refractivity contribution in [2.75, 3.05) is 0 Å². The summed E-state index contributed by atoms with van der Waals surface area (Å²) in [7, 11) is 0. The highest BCUT2D eigenvalue weighted by molar-refractivity contribution is 5.35. The Hall–Kier alpha value is -2.43. The van der Waals surface area contributed by atoms with Crippen molar-refractivity contribution in [2.45, 2.75) is 6.42 Å². The Balaban J connectivity index is 2.14. The number of hydrogen-bond acceptors (Lipinski definition) is 3. The van der Waals surface area contributed by atoms with Crippen molar-refractivity contribution in [3.8, 4) is 5.69 Å². The summed E-state index contributed by atoms with van der Waals surface area (Å²) in [6, 6.07) is 7.49. The standard InChI is InChI=1S/C12H11N3O2/c1-10(15(16)17)8-11-2-4-12(5-3-11)14-7-6-13-9-14/h2-7,9H,1,8H2. The van der Waals surface area contributed by atoms with Crippen LogP contribution >= 0.6 is 0 Å². The molecule has 5 nitrogen and oxygen atoms in total. The zero-order chi connectivity index (χ0) is 12.3. The highest BCUT2D eigenvalue weighted by atomic mass is 16.6. The predicted octanol–water partition coefficient (Wildman–Crippen LogP) is 2.21. The van der Waals surface area contributed by atoms with E-state index in [0.29, 0.717) is 0 Å². The molecular formula is C12H11N3O2. The largest absolute Gasteiger partial charge is 0.306 e. The predicted molar refractivity (Wildman–Crippen MR) is 63.4 cm³/mol. The van der Waals surface area contributed by atoms with Gasteiger partial charge in [0, 0.05) is 18.1 Å². The molecule has 0 aliphatic rings. The third-order valence-electron chi connectivity index (χ3n) is 2.41. The minimum absolute atomic E-state index is 0.000353. The fraction of sp³-hybridized carbons (Fsp3) is 0.0833. The average molecular weight is 229 g/mol. The van der Waals surface area contributed by atoms with Gasteiger partial charge in [-0.25, -0.2) is 4.98 Å². The number of imidazole rings is 1. The van der Waals surface area contributed by atoms with Gasteiger partial charge in [-0.2, -0.15) is 0 Å². The van der Waals surface area contributed by atoms with Gasteiger partial charge in [-0.05, 0) is 24.3 Å². The third-order valence-corrected chi connectivity index (χ3v) is 2.41. The van der Waals surface area contributed by atoms with Crippen molar-refractivity contribution in [3.63, 3.8) is 0 Å². The summed E-state index contributed by atoms with van der Waals surface area (Å²) < 4.78 is 1.87. The van der Waals surface area contributed by atoms with Crippen LogP contribution in [0.3, 0.4) is 0 Å². The van der Waals surface area contributed by atoms with Crippen LogP contribution in [0.4, 0.5) is 0 Å². The summed E-state index contributed by atoms with van der Waals surface area (Å²) in [6.45, 7) is 3.41. The number of benzene rings is 1. The van der Waals surface area contributed by atoms with Crippen LogP contribution in [0.2, 0.25) is 0 Å². The van der Waals surface area contributed by atoms with E-state index in [-0.39, 0.29) is 12.1 Å². The molecule has 86 valence electrons. The molecular weight excluding hydrogens is 218 g/mol. The Morgan fingerprint density at radius 2 is 2.12 bits per heavy atom. The van der Waals surface area contributed by atoms with Gasteiger partial charge in [0.1, 0.15) is 0 Å². The zero-order valence-corrected chi connectivity index (χ0v) is 9.11. The monoisotopic (exact) mass is 229 g/mol. The molecule has 5 heteroatoms. The van der Waals surface area contributed by atoms with Crippen molar-refractivity contribution in [3.05, 3.63) is 70.9 Å². The van der Waals surface area contributed by atoms with Crippen molar-refractivity contribution in [2.24, 2.45) is 0 Å². The number of nitrogens with zero attached hydrogens (tertiary/aromatic N) is 3. The lowest BCUT2D eigenvalue weighted by molar-refractivity contribution is -0.426. The molecule has 0 radical (unpaired) electrons. The van der Waals surface area contributed by atoms with E-state index in [0.717, 1.165) is 11.3 Å². The molecule has 2 aromatic rings. The minimum atomic E-state index is -0.455. The molecule has 17 heavy (non-hydrogen) atoms. The van der Waals surface area contributed by atoms with E-state index in [1.54, 1.807) is 12.5 Å². The fourth-order valence-electron chi connectivity index (χ4n) is 1.50. The quantitative estimate of drug-likeness (QED) is 0.596. The Kier molecular flexibility index (Phi) is 3.00. The summed E-state index contributed by atoms with van der Waals surface area (Å²) >= 11 is 0. The fourth-order valence-corrected chi connectivity index (χ4v) is 1.50. The molecule has 0 amide bonds. The summed E-state index contributed by atoms with van der Waals surface area (Å²) in [4.78, 5) is 13.9. The Morgan fingerprint density at radius 3 is 2.65 bits per heavy atom. The number of aromatic nitrogens is 2. The van der Waals surface area contributed by atoms with E-state index < -0.39 is 4.92 Å². The molecule has 0 aliphatic carbocycles. The molecule has 1 aromatic heterocycles. The first-order valence-corrected chi connectivity index (χ1v) is 5.06. The zero-order valence-electron chi connectivity index (χ0n) is 9.11. The smallest absolute Gasteiger partial charge is 0.243 e. The molecule has 0 bridgehead atoms. The highest BCUT2D eigenvalue weighted by Crippen LogP contribution is 2.12. The van der Waals surface area contributed by atoms with Gasteiger partial charge in [0.15, 0.2) is 0 Å². The molecule has 2 rings (SSSR count). The van der Waals surface area contributed by atoms with Gasteiger partial charge < -0.3 is 4.57 Å². The lowest BCUT2D eigenvalue weighted by Gasteiger charge is -2.03. The number of allylic oxidation sites excluding steroid dienone is 1. The van der Waals surface area contributed by atoms with Crippen LogP contribution < -0.4 is 0 Å². The second kappa shape index (κ2) is 4.61. The maximum Gasteiger partial charge on any atom is 0.243 e. The molecule has 0 atom stereocenters. The molecule has 0 fully saturated rings. The van der Waals surface area contributed by atoms with Gasteiger partial charge in [-0.1, -0.05) is 12.1 Å². The van der Waals surface area contributed by atoms with Gasteiger partial charge >= 0.3 is 0 Å². The van der Waals surface area contributed by atoms with Crippen molar-refractivity contribution in [1.82, 2.24) is 9.55 Å². The van der Waals surface area contributed by atoms with Crippen molar-refractivity contribution in [1.29, 1.82) is 0 Å². The van der Waals surface area contributed by atoms with Gasteiger partial charge in [0.25, 0.3) is 0 Å². The lowest BCUT2D eigenvalue weighted by Crippen LogP contribution is -2.00. The van der Waals surface area contributed by atoms with Crippen LogP contribution in [-0.2, 0) is 6.42 Å². The van der Waals surface area contributed by atoms with Gasteiger partial charge in [-0.3, -0.25) is 10.1 Å². The maximum atomic E-state index is 10.5. The minimum Gasteiger partial charge on any atom is -0.306 e. The Morgan fingerprint density at radius 1 is 1.41 bits per heavy atom. The highest BCUT2D eigenvalue weighted by Gasteiger charge is 2.07. The summed E-state index contributed by atoms with van der Waals surface area (Å²) in [5, 5.41) is 10.5. The topological polar surface area (TPSA) is 61.0 Å². The molecule has 0 aliphatic heterocycles. The normalized spacial score (nSPS) is 10.1. The number of nitro groups is 1. The Labute approximate surface area is 98.2 Å². The van der Waals surface area contributed by atoms with Crippen LogP contribution in [0.1, 0.15) is 5.56 Å². The van der Waals surface area contributed by atoms with Gasteiger partial charge in [0.05, 0.1) is 17.7 Å². The van der Waals surface area contributed by atoms with Crippen LogP contribution in [-0.4, -0.2) is 14.5 Å². The maximum absolute atomic E-state index is 10.5. The van der Waals surface area contributed by atoms with E-state index in [1.807, 2.05) is 35.0 Å². The second-order valence-electron chi connectivity index (χ2n) is 3.64. The first kappa shape index (κ1) is 11.1. The molecule has 0 saturated carbocycles. The SMILES string of the molecule is C=C(Cc1ccc(-n2ccnc2)cc1)[N+](=O)[O-]. The van der Waals surface area contributed by atoms with Crippen LogP contribution in [0.25, 0.3) is 5.69 Å². The number of hydrogen-bond donors (Lipinski definition) is 0. The lowest BCUT2D eigenvalue weighted by atomic mass is 10.1. The summed E-state index contributed by atoms with van der Waals surface area (Å²) in [6.07, 6.45) is 5.50. The van der Waals surface area contributed by atoms with Crippen molar-refractivity contribution >= 4 is 0 Å². The van der Waals surface area contributed by atoms with E-state index in [4.69, 9.17) is 0 Å². The molecule has 0 spiro atoms. The molecule has 0 unspecified atom stereocenters. The summed E-state index contributed by atoms with van der Waals surface area (Å²) in [5.41, 5.74) is 1.84. The molecule has 1 aromatic carbocycles. The first-order chi connectivity index (χ1) is 8.16. The molecule has 1 heterocycles. The van der Waals surface area contributed by atoms with E-state index in [1.165, 1.54) is 0 Å². The van der Waals surface area contributed by atoms with Crippen LogP contribution in [0.5, 0.6) is 0 Å². The first-order valence-electron chi connectivity index (χ1n) is 5.06. The van der Waals surface area contributed by atoms with Gasteiger partial charge in [-0.15, -0.1) is 0 Å². The third kappa shape index (κ3) is 2.57. The molecule has 0 N–H and O–H groups in total. The number of rotatable bonds is 4. The second-order valence-corrected chi connectivity index (χ2v) is 3.64. The summed E-state index contributed by atoms with van der Waals surface area (Å²) in [5.74, 6) is 0. The van der Waals surface area contributed by atoms with E-state index in [9.17, 15) is 10.1 Å². The van der Waals surface area contributed by atoms with Crippen molar-refractivity contribution < 1.29 is 4.92 Å². The van der Waals surface area contributed by atoms with Crippen LogP contribution in [0, 0.1) is 10.1 Å². The van der Waals surface area contributed by atoms with E-state index in [2.05, 4.69) is 11.6 Å². The molecule has 0 saturated heterocycles. The van der Waals surface area contributed by atoms with E-state index >= 15 is 0 Å².